The van der Waals surface area contributed by atoms with Crippen molar-refractivity contribution < 1.29 is 14.3 Å². The van der Waals surface area contributed by atoms with Gasteiger partial charge in [0, 0.05) is 37.8 Å². The first-order valence-electron chi connectivity index (χ1n) is 10.3. The smallest absolute Gasteiger partial charge is 0.222 e. The third-order valence-corrected chi connectivity index (χ3v) is 5.05. The molecular weight excluding hydrogens is 380 g/mol. The van der Waals surface area contributed by atoms with E-state index in [0.717, 1.165) is 36.3 Å². The van der Waals surface area contributed by atoms with Gasteiger partial charge < -0.3 is 25.0 Å². The predicted molar refractivity (Wildman–Crippen MR) is 119 cm³/mol. The van der Waals surface area contributed by atoms with Gasteiger partial charge in [0.2, 0.25) is 5.91 Å². The van der Waals surface area contributed by atoms with Crippen molar-refractivity contribution >= 4 is 17.6 Å². The van der Waals surface area contributed by atoms with Crippen molar-refractivity contribution in [1.82, 2.24) is 10.2 Å². The number of carbonyl (C=O) groups excluding carboxylic acids is 1. The van der Waals surface area contributed by atoms with Gasteiger partial charge in [-0.15, -0.1) is 0 Å². The van der Waals surface area contributed by atoms with E-state index in [2.05, 4.69) is 22.8 Å². The summed E-state index contributed by atoms with van der Waals surface area (Å²) < 4.78 is 10.7. The summed E-state index contributed by atoms with van der Waals surface area (Å²) in [4.78, 5) is 18.7. The monoisotopic (exact) mass is 410 g/mol. The number of guanidine groups is 1. The highest BCUT2D eigenvalue weighted by Gasteiger charge is 2.20. The molecular formula is C23H30N4O3. The summed E-state index contributed by atoms with van der Waals surface area (Å²) in [7, 11) is 3.23. The number of methoxy groups -OCH3 is 2. The highest BCUT2D eigenvalue weighted by molar-refractivity contribution is 5.93. The Morgan fingerprint density at radius 2 is 1.87 bits per heavy atom. The Hall–Kier alpha value is -3.22. The molecule has 7 nitrogen and oxygen atoms in total. The number of carbonyl (C=O) groups is 1. The van der Waals surface area contributed by atoms with Gasteiger partial charge in [-0.05, 0) is 36.6 Å². The van der Waals surface area contributed by atoms with E-state index in [0.29, 0.717) is 37.0 Å². The molecule has 160 valence electrons. The number of hydrogen-bond acceptors (Lipinski definition) is 4. The fourth-order valence-electron chi connectivity index (χ4n) is 3.46. The molecule has 3 rings (SSSR count). The van der Waals surface area contributed by atoms with Crippen LogP contribution in [0.25, 0.3) is 0 Å². The average molecular weight is 411 g/mol. The lowest BCUT2D eigenvalue weighted by molar-refractivity contribution is -0.128. The van der Waals surface area contributed by atoms with Crippen molar-refractivity contribution in [3.05, 3.63) is 53.6 Å². The first kappa shape index (κ1) is 21.5. The van der Waals surface area contributed by atoms with E-state index in [-0.39, 0.29) is 5.91 Å². The summed E-state index contributed by atoms with van der Waals surface area (Å²) >= 11 is 0. The Morgan fingerprint density at radius 3 is 2.53 bits per heavy atom. The Morgan fingerprint density at radius 1 is 1.10 bits per heavy atom. The molecule has 1 aliphatic rings. The Balaban J connectivity index is 1.74. The van der Waals surface area contributed by atoms with Crippen molar-refractivity contribution in [2.24, 2.45) is 4.99 Å². The van der Waals surface area contributed by atoms with Crippen molar-refractivity contribution in [3.63, 3.8) is 0 Å². The Kier molecular flexibility index (Phi) is 7.54. The van der Waals surface area contributed by atoms with Crippen molar-refractivity contribution in [2.45, 2.75) is 32.9 Å². The lowest BCUT2D eigenvalue weighted by Gasteiger charge is -2.18. The number of likely N-dealkylation sites (tertiary alicyclic amines) is 1. The second-order valence-electron chi connectivity index (χ2n) is 7.08. The summed E-state index contributed by atoms with van der Waals surface area (Å²) in [6.45, 7) is 4.76. The maximum Gasteiger partial charge on any atom is 0.222 e. The van der Waals surface area contributed by atoms with Gasteiger partial charge in [0.25, 0.3) is 0 Å². The van der Waals surface area contributed by atoms with Gasteiger partial charge >= 0.3 is 0 Å². The minimum atomic E-state index is 0.233. The van der Waals surface area contributed by atoms with E-state index in [1.165, 1.54) is 0 Å². The molecule has 0 spiro atoms. The maximum absolute atomic E-state index is 12.0. The topological polar surface area (TPSA) is 75.2 Å². The summed E-state index contributed by atoms with van der Waals surface area (Å²) in [5.74, 6) is 2.24. The number of nitrogens with one attached hydrogen (secondary N) is 2. The molecule has 1 aliphatic heterocycles. The van der Waals surface area contributed by atoms with Gasteiger partial charge in [-0.25, -0.2) is 4.99 Å². The van der Waals surface area contributed by atoms with Crippen LogP contribution in [0.4, 0.5) is 5.69 Å². The molecule has 1 heterocycles. The van der Waals surface area contributed by atoms with E-state index in [9.17, 15) is 4.79 Å². The molecule has 2 N–H and O–H groups in total. The fraction of sp³-hybridized carbons (Fsp3) is 0.391. The number of aliphatic imine (C=N–C) groups is 1. The zero-order valence-corrected chi connectivity index (χ0v) is 17.9. The van der Waals surface area contributed by atoms with Crippen LogP contribution in [0.3, 0.4) is 0 Å². The number of rotatable bonds is 8. The standard InChI is InChI=1S/C23H30N4O3/c1-4-24-23(26-19-11-12-20(29-2)21(14-19)30-3)25-15-17-8-5-6-9-18(17)16-27-13-7-10-22(27)28/h5-6,8-9,11-12,14H,4,7,10,13,15-16H2,1-3H3,(H2,24,25,26). The quantitative estimate of drug-likeness (QED) is 0.515. The number of hydrogen-bond donors (Lipinski definition) is 2. The molecule has 0 atom stereocenters. The Bertz CT molecular complexity index is 898. The van der Waals surface area contributed by atoms with Crippen LogP contribution >= 0.6 is 0 Å². The third kappa shape index (κ3) is 5.43. The van der Waals surface area contributed by atoms with Gasteiger partial charge in [0.05, 0.1) is 20.8 Å². The SMILES string of the molecule is CCNC(=NCc1ccccc1CN1CCCC1=O)Nc1ccc(OC)c(OC)c1. The van der Waals surface area contributed by atoms with E-state index in [4.69, 9.17) is 14.5 Å². The normalized spacial score (nSPS) is 14.0. The van der Waals surface area contributed by atoms with Crippen LogP contribution in [-0.4, -0.2) is 44.1 Å². The van der Waals surface area contributed by atoms with Gasteiger partial charge in [-0.2, -0.15) is 0 Å². The van der Waals surface area contributed by atoms with E-state index < -0.39 is 0 Å². The summed E-state index contributed by atoms with van der Waals surface area (Å²) in [6.07, 6.45) is 1.60. The van der Waals surface area contributed by atoms with E-state index in [1.807, 2.05) is 42.2 Å². The van der Waals surface area contributed by atoms with Crippen LogP contribution in [0.5, 0.6) is 11.5 Å². The minimum absolute atomic E-state index is 0.233. The van der Waals surface area contributed by atoms with E-state index >= 15 is 0 Å². The number of anilines is 1. The molecule has 1 saturated heterocycles. The highest BCUT2D eigenvalue weighted by atomic mass is 16.5. The second kappa shape index (κ2) is 10.5. The van der Waals surface area contributed by atoms with Crippen molar-refractivity contribution in [1.29, 1.82) is 0 Å². The molecule has 0 aliphatic carbocycles. The molecule has 1 amide bonds. The number of nitrogens with zero attached hydrogens (tertiary/aromatic N) is 2. The molecule has 2 aromatic carbocycles. The van der Waals surface area contributed by atoms with Crippen LogP contribution in [0.1, 0.15) is 30.9 Å². The van der Waals surface area contributed by atoms with Gasteiger partial charge in [-0.1, -0.05) is 24.3 Å². The highest BCUT2D eigenvalue weighted by Crippen LogP contribution is 2.29. The van der Waals surface area contributed by atoms with Gasteiger partial charge in [-0.3, -0.25) is 4.79 Å². The zero-order chi connectivity index (χ0) is 21.3. The van der Waals surface area contributed by atoms with E-state index in [1.54, 1.807) is 14.2 Å². The lowest BCUT2D eigenvalue weighted by Crippen LogP contribution is -2.30. The van der Waals surface area contributed by atoms with Crippen LogP contribution in [0.2, 0.25) is 0 Å². The molecule has 0 bridgehead atoms. The minimum Gasteiger partial charge on any atom is -0.493 e. The van der Waals surface area contributed by atoms with Gasteiger partial charge in [0.15, 0.2) is 17.5 Å². The zero-order valence-electron chi connectivity index (χ0n) is 17.9. The van der Waals surface area contributed by atoms with Crippen LogP contribution in [0.15, 0.2) is 47.5 Å². The molecule has 1 fully saturated rings. The molecule has 0 aromatic heterocycles. The van der Waals surface area contributed by atoms with Gasteiger partial charge in [0.1, 0.15) is 0 Å². The molecule has 0 saturated carbocycles. The third-order valence-electron chi connectivity index (χ3n) is 5.05. The van der Waals surface area contributed by atoms with Crippen LogP contribution in [-0.2, 0) is 17.9 Å². The lowest BCUT2D eigenvalue weighted by atomic mass is 10.1. The number of amides is 1. The number of ether oxygens (including phenoxy) is 2. The van der Waals surface area contributed by atoms with Crippen LogP contribution < -0.4 is 20.1 Å². The van der Waals surface area contributed by atoms with Crippen molar-refractivity contribution in [3.8, 4) is 11.5 Å². The van der Waals surface area contributed by atoms with Crippen molar-refractivity contribution in [2.75, 3.05) is 32.6 Å². The molecule has 0 unspecified atom stereocenters. The molecule has 30 heavy (non-hydrogen) atoms. The fourth-order valence-corrected chi connectivity index (χ4v) is 3.46. The summed E-state index contributed by atoms with van der Waals surface area (Å²) in [5, 5.41) is 6.58. The Labute approximate surface area is 178 Å². The average Bonchev–Trinajstić information content (AvgIpc) is 3.17. The molecule has 0 radical (unpaired) electrons. The number of benzene rings is 2. The summed E-state index contributed by atoms with van der Waals surface area (Å²) in [6, 6.07) is 13.8. The first-order valence-corrected chi connectivity index (χ1v) is 10.3. The molecule has 2 aromatic rings. The maximum atomic E-state index is 12.0. The molecule has 7 heteroatoms. The van der Waals surface area contributed by atoms with Crippen LogP contribution in [0, 0.1) is 0 Å². The summed E-state index contributed by atoms with van der Waals surface area (Å²) in [5.41, 5.74) is 3.10. The first-order chi connectivity index (χ1) is 14.6. The predicted octanol–water partition coefficient (Wildman–Crippen LogP) is 3.40. The largest absolute Gasteiger partial charge is 0.493 e. The second-order valence-corrected chi connectivity index (χ2v) is 7.08.